The Balaban J connectivity index is 4.35. The van der Waals surface area contributed by atoms with E-state index in [9.17, 15) is 4.79 Å². The quantitative estimate of drug-likeness (QED) is 0.760. The van der Waals surface area contributed by atoms with Crippen molar-refractivity contribution in [2.45, 2.75) is 58.7 Å². The topological polar surface area (TPSA) is 67.6 Å². The predicted octanol–water partition coefficient (Wildman–Crippen LogP) is 1.57. The van der Waals surface area contributed by atoms with E-state index in [1.807, 2.05) is 34.7 Å². The van der Waals surface area contributed by atoms with E-state index in [2.05, 4.69) is 17.1 Å². The zero-order valence-corrected chi connectivity index (χ0v) is 12.6. The molecule has 0 aliphatic rings. The molecule has 0 aromatic carbocycles. The first kappa shape index (κ1) is 17.2. The number of likely N-dealkylation sites (N-methyl/N-ethyl adjacent to an activating group) is 1. The lowest BCUT2D eigenvalue weighted by atomic mass is 10.1. The molecule has 2 unspecified atom stereocenters. The lowest BCUT2D eigenvalue weighted by molar-refractivity contribution is 0.0478. The van der Waals surface area contributed by atoms with Crippen LogP contribution in [0.25, 0.3) is 0 Å². The maximum absolute atomic E-state index is 11.7. The molecule has 3 N–H and O–H groups in total. The summed E-state index contributed by atoms with van der Waals surface area (Å²) in [6, 6.07) is 0.0823. The fourth-order valence-electron chi connectivity index (χ4n) is 1.87. The molecule has 0 radical (unpaired) electrons. The van der Waals surface area contributed by atoms with E-state index in [4.69, 9.17) is 10.5 Å². The van der Waals surface area contributed by atoms with Gasteiger partial charge in [0.15, 0.2) is 0 Å². The summed E-state index contributed by atoms with van der Waals surface area (Å²) in [6.45, 7) is 11.1. The van der Waals surface area contributed by atoms with Crippen LogP contribution in [0.2, 0.25) is 0 Å². The largest absolute Gasteiger partial charge is 0.444 e. The van der Waals surface area contributed by atoms with Crippen LogP contribution in [0, 0.1) is 0 Å². The average Bonchev–Trinajstić information content (AvgIpc) is 2.15. The molecule has 2 atom stereocenters. The van der Waals surface area contributed by atoms with E-state index in [1.165, 1.54) is 0 Å². The van der Waals surface area contributed by atoms with Crippen LogP contribution in [-0.2, 0) is 4.74 Å². The first-order chi connectivity index (χ1) is 8.21. The van der Waals surface area contributed by atoms with Gasteiger partial charge in [0.05, 0.1) is 0 Å². The number of hydrogen-bond acceptors (Lipinski definition) is 4. The van der Waals surface area contributed by atoms with Gasteiger partial charge in [0.25, 0.3) is 0 Å². The van der Waals surface area contributed by atoms with Gasteiger partial charge in [-0.2, -0.15) is 0 Å². The summed E-state index contributed by atoms with van der Waals surface area (Å²) < 4.78 is 5.23. The Bertz CT molecular complexity index is 251. The van der Waals surface area contributed by atoms with Crippen LogP contribution in [0.1, 0.15) is 41.0 Å². The fraction of sp³-hybridized carbons (Fsp3) is 0.923. The second kappa shape index (κ2) is 7.59. The molecule has 0 fully saturated rings. The number of carbonyl (C=O) groups excluding carboxylic acids is 1. The Morgan fingerprint density at radius 2 is 2.00 bits per heavy atom. The number of rotatable bonds is 6. The first-order valence-corrected chi connectivity index (χ1v) is 6.61. The normalized spacial score (nSPS) is 15.3. The van der Waals surface area contributed by atoms with Crippen LogP contribution >= 0.6 is 0 Å². The fourth-order valence-corrected chi connectivity index (χ4v) is 1.87. The monoisotopic (exact) mass is 259 g/mol. The SMILES string of the molecule is CCCN(C)C(CN)C(C)NC(=O)OC(C)(C)C. The number of nitrogens with one attached hydrogen (secondary N) is 1. The standard InChI is InChI=1S/C13H29N3O2/c1-7-8-16(6)11(9-14)10(2)15-12(17)18-13(3,4)5/h10-11H,7-9,14H2,1-6H3,(H,15,17). The molecular formula is C13H29N3O2. The minimum Gasteiger partial charge on any atom is -0.444 e. The van der Waals surface area contributed by atoms with Crippen LogP contribution in [-0.4, -0.2) is 48.8 Å². The molecule has 0 rings (SSSR count). The van der Waals surface area contributed by atoms with Gasteiger partial charge in [0, 0.05) is 18.6 Å². The molecule has 0 spiro atoms. The third kappa shape index (κ3) is 6.81. The summed E-state index contributed by atoms with van der Waals surface area (Å²) in [4.78, 5) is 13.8. The second-order valence-corrected chi connectivity index (χ2v) is 5.72. The second-order valence-electron chi connectivity index (χ2n) is 5.72. The smallest absolute Gasteiger partial charge is 0.407 e. The van der Waals surface area contributed by atoms with Gasteiger partial charge in [-0.15, -0.1) is 0 Å². The summed E-state index contributed by atoms with van der Waals surface area (Å²) in [5, 5.41) is 2.84. The Morgan fingerprint density at radius 1 is 1.44 bits per heavy atom. The molecule has 5 heteroatoms. The third-order valence-electron chi connectivity index (χ3n) is 2.71. The number of alkyl carbamates (subject to hydrolysis) is 1. The number of carbonyl (C=O) groups is 1. The van der Waals surface area contributed by atoms with Gasteiger partial charge in [0.2, 0.25) is 0 Å². The lowest BCUT2D eigenvalue weighted by Crippen LogP contribution is -2.53. The van der Waals surface area contributed by atoms with Crippen LogP contribution in [0.3, 0.4) is 0 Å². The van der Waals surface area contributed by atoms with Gasteiger partial charge in [-0.1, -0.05) is 6.92 Å². The lowest BCUT2D eigenvalue weighted by Gasteiger charge is -2.32. The van der Waals surface area contributed by atoms with Crippen molar-refractivity contribution in [2.75, 3.05) is 20.1 Å². The minimum absolute atomic E-state index is 0.0404. The maximum Gasteiger partial charge on any atom is 0.407 e. The van der Waals surface area contributed by atoms with E-state index < -0.39 is 11.7 Å². The Morgan fingerprint density at radius 3 is 2.39 bits per heavy atom. The molecule has 0 saturated carbocycles. The molecule has 18 heavy (non-hydrogen) atoms. The molecule has 0 saturated heterocycles. The molecule has 5 nitrogen and oxygen atoms in total. The van der Waals surface area contributed by atoms with Gasteiger partial charge < -0.3 is 20.7 Å². The van der Waals surface area contributed by atoms with Crippen LogP contribution in [0.5, 0.6) is 0 Å². The van der Waals surface area contributed by atoms with Gasteiger partial charge in [0.1, 0.15) is 5.60 Å². The van der Waals surface area contributed by atoms with E-state index in [1.54, 1.807) is 0 Å². The summed E-state index contributed by atoms with van der Waals surface area (Å²) in [6.07, 6.45) is 0.671. The highest BCUT2D eigenvalue weighted by Gasteiger charge is 2.24. The molecule has 0 bridgehead atoms. The van der Waals surface area contributed by atoms with Crippen LogP contribution in [0.4, 0.5) is 4.79 Å². The van der Waals surface area contributed by atoms with Crippen molar-refractivity contribution >= 4 is 6.09 Å². The number of nitrogens with zero attached hydrogens (tertiary/aromatic N) is 1. The number of hydrogen-bond donors (Lipinski definition) is 2. The number of amides is 1. The Hall–Kier alpha value is -0.810. The highest BCUT2D eigenvalue weighted by molar-refractivity contribution is 5.68. The number of nitrogens with two attached hydrogens (primary N) is 1. The molecule has 0 aliphatic heterocycles. The van der Waals surface area contributed by atoms with E-state index in [0.29, 0.717) is 6.54 Å². The van der Waals surface area contributed by atoms with E-state index in [0.717, 1.165) is 13.0 Å². The highest BCUT2D eigenvalue weighted by Crippen LogP contribution is 2.08. The van der Waals surface area contributed by atoms with Crippen molar-refractivity contribution < 1.29 is 9.53 Å². The van der Waals surface area contributed by atoms with Crippen molar-refractivity contribution in [1.82, 2.24) is 10.2 Å². The Labute approximate surface area is 111 Å². The molecule has 0 aromatic heterocycles. The first-order valence-electron chi connectivity index (χ1n) is 6.61. The maximum atomic E-state index is 11.7. The van der Waals surface area contributed by atoms with Crippen molar-refractivity contribution in [1.29, 1.82) is 0 Å². The summed E-state index contributed by atoms with van der Waals surface area (Å²) >= 11 is 0. The Kier molecular flexibility index (Phi) is 7.25. The van der Waals surface area contributed by atoms with Crippen molar-refractivity contribution in [2.24, 2.45) is 5.73 Å². The summed E-state index contributed by atoms with van der Waals surface area (Å²) in [5.41, 5.74) is 5.30. The van der Waals surface area contributed by atoms with Crippen LogP contribution < -0.4 is 11.1 Å². The highest BCUT2D eigenvalue weighted by atomic mass is 16.6. The average molecular weight is 259 g/mol. The van der Waals surface area contributed by atoms with E-state index >= 15 is 0 Å². The zero-order valence-electron chi connectivity index (χ0n) is 12.6. The van der Waals surface area contributed by atoms with Gasteiger partial charge in [-0.25, -0.2) is 4.79 Å². The number of ether oxygens (including phenoxy) is 1. The molecule has 0 heterocycles. The molecule has 108 valence electrons. The van der Waals surface area contributed by atoms with Gasteiger partial charge in [-0.3, -0.25) is 0 Å². The summed E-state index contributed by atoms with van der Waals surface area (Å²) in [5.74, 6) is 0. The van der Waals surface area contributed by atoms with Crippen molar-refractivity contribution in [3.8, 4) is 0 Å². The summed E-state index contributed by atoms with van der Waals surface area (Å²) in [7, 11) is 2.02. The van der Waals surface area contributed by atoms with Crippen molar-refractivity contribution in [3.05, 3.63) is 0 Å². The van der Waals surface area contributed by atoms with E-state index in [-0.39, 0.29) is 12.1 Å². The zero-order chi connectivity index (χ0) is 14.3. The van der Waals surface area contributed by atoms with Gasteiger partial charge >= 0.3 is 6.09 Å². The molecule has 0 aliphatic carbocycles. The third-order valence-corrected chi connectivity index (χ3v) is 2.71. The minimum atomic E-state index is -0.475. The molecular weight excluding hydrogens is 230 g/mol. The molecule has 0 aromatic rings. The predicted molar refractivity (Wildman–Crippen MR) is 74.6 cm³/mol. The van der Waals surface area contributed by atoms with Crippen LogP contribution in [0.15, 0.2) is 0 Å². The van der Waals surface area contributed by atoms with Gasteiger partial charge in [-0.05, 0) is 47.7 Å². The molecule has 1 amide bonds. The van der Waals surface area contributed by atoms with Crippen molar-refractivity contribution in [3.63, 3.8) is 0 Å².